The first-order chi connectivity index (χ1) is 70.1. The maximum atomic E-state index is 12.8. The molecular formula is C132H201Cl4F5P8+8. The van der Waals surface area contributed by atoms with Crippen LogP contribution < -0.4 is 31.8 Å². The van der Waals surface area contributed by atoms with Crippen molar-refractivity contribution in [1.29, 1.82) is 0 Å². The van der Waals surface area contributed by atoms with Crippen molar-refractivity contribution in [2.75, 3.05) is 81.6 Å². The van der Waals surface area contributed by atoms with Gasteiger partial charge in [0.25, 0.3) is 0 Å². The first kappa shape index (κ1) is 134. The Balaban J connectivity index is 0.000000265. The Bertz CT molecular complexity index is 4820. The van der Waals surface area contributed by atoms with Crippen LogP contribution in [0.15, 0.2) is 279 Å². The molecule has 0 radical (unpaired) electrons. The summed E-state index contributed by atoms with van der Waals surface area (Å²) in [6, 6.07) is 102. The minimum Gasteiger partial charge on any atom is -0.0776 e. The largest absolute Gasteiger partial charge is 0.569 e. The molecule has 0 aromatic heterocycles. The van der Waals surface area contributed by atoms with E-state index in [9.17, 15) is 21.0 Å². The molecule has 10 aromatic rings. The predicted octanol–water partition coefficient (Wildman–Crippen LogP) is 44.8. The molecule has 14 rings (SSSR count). The SMILES string of the molecule is C.CC(C)C1CCC(C[P+](C)(Cl)Cl)CC1.CC(C)C1CCC(C[P+](F)(F)F)CC1.CC(C)C1CCC(C[P+](c2ccccc2)(c2ccccc2)c2ccccc2)CC1.CC(C)c1ccc(C[P+](C)(Cl)Cl)cc1.CC(C)c1ccc(C[P+](C)(F)F)cc1.CC(C)c1ccc(C[P+](c2ccccc2)(c2ccccc2)c2ccccc2)cc1.CC[P+](CC)(CC)CC1CCC(C(C)C)CC1.CC[P+](CC)(CC)Cc1ccc(C(C)C)cc1. The zero-order valence-electron chi connectivity index (χ0n) is 96.0. The molecule has 17 heteroatoms. The Kier molecular flexibility index (Phi) is 60.4. The third-order valence-corrected chi connectivity index (χ3v) is 58.0. The van der Waals surface area contributed by atoms with Crippen molar-refractivity contribution in [2.24, 2.45) is 71.0 Å². The highest BCUT2D eigenvalue weighted by Gasteiger charge is 2.50. The highest BCUT2D eigenvalue weighted by atomic mass is 35.9. The number of halogens is 9. The van der Waals surface area contributed by atoms with Gasteiger partial charge in [0.15, 0.2) is 6.16 Å². The van der Waals surface area contributed by atoms with Gasteiger partial charge >= 0.3 is 16.1 Å². The highest BCUT2D eigenvalue weighted by molar-refractivity contribution is 8.17. The normalized spacial score (nSPS) is 18.4. The van der Waals surface area contributed by atoms with Gasteiger partial charge in [0, 0.05) is 33.0 Å². The standard InChI is InChI=1S/C28H34P.C28H28P.C16H34P.C16H28P.C11H22Cl2P.C11H16Cl2P.C11H16F2P.C10H19F3P.CH4/c2*1-23(2)25-20-18-24(19-21-25)22-29(26-12-6-3-7-13-26,27-14-8-4-9-15-27)28-16-10-5-11-17-28;2*1-6-17(7-2,8-3)13-15-9-11-16(12-10-15)14(4)5;3*1-9(2)11-6-4-10(5-7-11)8-14(3,12)13;1-8(2)10-5-3-9(4-6-10)7-14(11,12)13;/h3-17,23-25H,18-22H2,1-2H3;3-21,23H,22H2,1-2H3;14-16H,6-13H2,1-5H3;9-12,14H,6-8,13H2,1-5H3;9-11H,4-8H2,1-3H3;2*4-7,9H,8H2,1-3H3;8-10H,3-7H2,1-2H3;1H4/q8*+1;. The van der Waals surface area contributed by atoms with Gasteiger partial charge in [-0.1, -0.05) is 324 Å². The molecule has 0 spiro atoms. The zero-order chi connectivity index (χ0) is 109. The van der Waals surface area contributed by atoms with E-state index in [-0.39, 0.29) is 19.5 Å². The first-order valence-electron chi connectivity index (χ1n) is 56.9. The van der Waals surface area contributed by atoms with Crippen LogP contribution in [0.2, 0.25) is 0 Å². The van der Waals surface area contributed by atoms with Gasteiger partial charge < -0.3 is 0 Å². The number of benzene rings is 10. The van der Waals surface area contributed by atoms with E-state index in [0.717, 1.165) is 110 Å². The van der Waals surface area contributed by atoms with E-state index in [2.05, 4.69) is 407 Å². The Morgan fingerprint density at radius 2 is 0.436 bits per heavy atom. The van der Waals surface area contributed by atoms with Crippen LogP contribution in [0.4, 0.5) is 21.0 Å². The Hall–Kier alpha value is -3.55. The van der Waals surface area contributed by atoms with Gasteiger partial charge in [-0.25, -0.2) is 0 Å². The van der Waals surface area contributed by atoms with Crippen LogP contribution in [0, 0.1) is 71.0 Å². The van der Waals surface area contributed by atoms with Crippen molar-refractivity contribution in [3.05, 3.63) is 324 Å². The second-order valence-electron chi connectivity index (χ2n) is 46.7. The van der Waals surface area contributed by atoms with Gasteiger partial charge in [0.2, 0.25) is 11.9 Å². The quantitative estimate of drug-likeness (QED) is 0.0271. The summed E-state index contributed by atoms with van der Waals surface area (Å²) in [5.41, 5.74) is 10.3. The maximum absolute atomic E-state index is 12.8. The maximum Gasteiger partial charge on any atom is 0.569 e. The van der Waals surface area contributed by atoms with Gasteiger partial charge in [-0.05, 0) is 359 Å². The molecule has 4 fully saturated rings. The molecule has 0 saturated heterocycles. The van der Waals surface area contributed by atoms with Crippen LogP contribution in [0.5, 0.6) is 0 Å². The van der Waals surface area contributed by atoms with E-state index in [1.54, 1.807) is 11.7 Å². The predicted molar refractivity (Wildman–Crippen MR) is 686 cm³/mol. The fraction of sp³-hybridized carbons (Fsp3) is 0.545. The lowest BCUT2D eigenvalue weighted by Crippen LogP contribution is -2.36. The summed E-state index contributed by atoms with van der Waals surface area (Å²) < 4.78 is 62.2. The van der Waals surface area contributed by atoms with Crippen molar-refractivity contribution in [3.8, 4) is 0 Å². The van der Waals surface area contributed by atoms with Crippen molar-refractivity contribution in [1.82, 2.24) is 0 Å². The average molecular weight is 2270 g/mol. The van der Waals surface area contributed by atoms with E-state index in [4.69, 9.17) is 45.0 Å². The molecule has 0 amide bonds. The Morgan fingerprint density at radius 3 is 0.644 bits per heavy atom. The van der Waals surface area contributed by atoms with E-state index < -0.39 is 63.2 Å². The van der Waals surface area contributed by atoms with Crippen molar-refractivity contribution < 1.29 is 21.0 Å². The highest BCUT2D eigenvalue weighted by Crippen LogP contribution is 2.70. The first-order valence-corrected chi connectivity index (χ1v) is 78.2. The van der Waals surface area contributed by atoms with Crippen molar-refractivity contribution >= 4 is 134 Å². The average Bonchev–Trinajstić information content (AvgIpc) is 0.752. The van der Waals surface area contributed by atoms with Crippen LogP contribution in [0.1, 0.15) is 331 Å². The molecule has 4 saturated carbocycles. The minimum absolute atomic E-state index is 0. The summed E-state index contributed by atoms with van der Waals surface area (Å²) in [6.07, 6.45) is 36.0. The van der Waals surface area contributed by atoms with Crippen LogP contribution in [-0.2, 0) is 24.6 Å². The molecule has 824 valence electrons. The summed E-state index contributed by atoms with van der Waals surface area (Å²) in [5.74, 6) is 8.37. The molecule has 0 nitrogen and oxygen atoms in total. The van der Waals surface area contributed by atoms with E-state index >= 15 is 0 Å². The molecular weight excluding hydrogens is 2070 g/mol. The molecule has 0 bridgehead atoms. The topological polar surface area (TPSA) is 0 Å². The summed E-state index contributed by atoms with van der Waals surface area (Å²) in [7, 11) is -13.4. The summed E-state index contributed by atoms with van der Waals surface area (Å²) in [6.45, 7) is 55.7. The smallest absolute Gasteiger partial charge is 0.0776 e. The van der Waals surface area contributed by atoms with Crippen LogP contribution >= 0.6 is 102 Å². The summed E-state index contributed by atoms with van der Waals surface area (Å²) in [5, 5.41) is 8.90. The third kappa shape index (κ3) is 46.7. The van der Waals surface area contributed by atoms with Gasteiger partial charge in [0.1, 0.15) is 110 Å². The van der Waals surface area contributed by atoms with Gasteiger partial charge in [-0.3, -0.25) is 0 Å². The minimum atomic E-state index is -5.03. The fourth-order valence-electron chi connectivity index (χ4n) is 22.8. The molecule has 149 heavy (non-hydrogen) atoms. The second kappa shape index (κ2) is 67.1. The number of rotatable bonds is 36. The molecule has 0 N–H and O–H groups in total. The lowest BCUT2D eigenvalue weighted by Gasteiger charge is -2.35. The van der Waals surface area contributed by atoms with E-state index in [1.807, 2.05) is 37.6 Å². The fourth-order valence-corrected chi connectivity index (χ4v) is 44.3. The molecule has 0 aliphatic heterocycles. The third-order valence-electron chi connectivity index (χ3n) is 33.2. The van der Waals surface area contributed by atoms with E-state index in [1.165, 1.54) is 192 Å². The summed E-state index contributed by atoms with van der Waals surface area (Å²) >= 11 is 24.4. The van der Waals surface area contributed by atoms with Crippen LogP contribution in [0.3, 0.4) is 0 Å². The van der Waals surface area contributed by atoms with Crippen LogP contribution in [-0.4, -0.2) is 81.6 Å². The number of hydrogen-bond acceptors (Lipinski definition) is 0. The lowest BCUT2D eigenvalue weighted by atomic mass is 9.77. The monoisotopic (exact) mass is 2270 g/mol. The van der Waals surface area contributed by atoms with Crippen LogP contribution in [0.25, 0.3) is 0 Å². The summed E-state index contributed by atoms with van der Waals surface area (Å²) in [4.78, 5) is 0. The van der Waals surface area contributed by atoms with Crippen molar-refractivity contribution in [3.63, 3.8) is 0 Å². The van der Waals surface area contributed by atoms with Crippen molar-refractivity contribution in [2.45, 2.75) is 311 Å². The molecule has 0 heterocycles. The zero-order valence-corrected chi connectivity index (χ0v) is 106. The molecule has 4 aliphatic carbocycles. The van der Waals surface area contributed by atoms with Gasteiger partial charge in [-0.2, -0.15) is 0 Å². The molecule has 0 unspecified atom stereocenters. The van der Waals surface area contributed by atoms with E-state index in [0.29, 0.717) is 35.5 Å². The Morgan fingerprint density at radius 1 is 0.228 bits per heavy atom. The number of hydrogen-bond donors (Lipinski definition) is 0. The molecule has 10 aromatic carbocycles. The molecule has 4 aliphatic rings. The Labute approximate surface area is 934 Å². The second-order valence-corrected chi connectivity index (χ2v) is 81.7. The lowest BCUT2D eigenvalue weighted by molar-refractivity contribution is 0.233. The van der Waals surface area contributed by atoms with Gasteiger partial charge in [-0.15, -0.1) is 0 Å². The van der Waals surface area contributed by atoms with Gasteiger partial charge in [0.05, 0.1) is 81.1 Å². The molecule has 0 atom stereocenters.